The lowest BCUT2D eigenvalue weighted by molar-refractivity contribution is 0.362. The lowest BCUT2D eigenvalue weighted by Gasteiger charge is -2.45. The molecule has 1 aliphatic carbocycles. The number of benzene rings is 1. The van der Waals surface area contributed by atoms with E-state index in [1.807, 2.05) is 0 Å². The van der Waals surface area contributed by atoms with Crippen molar-refractivity contribution in [1.82, 2.24) is 0 Å². The number of nitrogens with two attached hydrogens (primary N) is 1. The van der Waals surface area contributed by atoms with Gasteiger partial charge in [-0.25, -0.2) is 0 Å². The van der Waals surface area contributed by atoms with Crippen molar-refractivity contribution in [1.29, 1.82) is 0 Å². The average Bonchev–Trinajstić information content (AvgIpc) is 2.41. The van der Waals surface area contributed by atoms with Crippen LogP contribution >= 0.6 is 0 Å². The van der Waals surface area contributed by atoms with Crippen molar-refractivity contribution in [2.45, 2.75) is 37.8 Å². The molecule has 0 bridgehead atoms. The zero-order chi connectivity index (χ0) is 12.5. The number of likely N-dealkylation sites (N-methyl/N-ethyl adjacent to an activating group) is 1. The Morgan fingerprint density at radius 2 is 1.78 bits per heavy atom. The van der Waals surface area contributed by atoms with Gasteiger partial charge >= 0.3 is 0 Å². The minimum absolute atomic E-state index is 0.343. The Hall–Kier alpha value is -1.22. The summed E-state index contributed by atoms with van der Waals surface area (Å²) >= 11 is 0. The van der Waals surface area contributed by atoms with Gasteiger partial charge in [0.15, 0.2) is 0 Å². The zero-order valence-electron chi connectivity index (χ0n) is 11.2. The van der Waals surface area contributed by atoms with Crippen LogP contribution in [0.15, 0.2) is 24.3 Å². The summed E-state index contributed by atoms with van der Waals surface area (Å²) in [7, 11) is 2.18. The van der Waals surface area contributed by atoms with Crippen LogP contribution in [-0.2, 0) is 0 Å². The van der Waals surface area contributed by atoms with Crippen LogP contribution in [0.1, 0.15) is 25.7 Å². The van der Waals surface area contributed by atoms with Crippen molar-refractivity contribution >= 4 is 11.4 Å². The molecule has 2 atom stereocenters. The molecule has 2 N–H and O–H groups in total. The van der Waals surface area contributed by atoms with Gasteiger partial charge in [0.1, 0.15) is 0 Å². The first-order chi connectivity index (χ1) is 8.77. The van der Waals surface area contributed by atoms with Crippen molar-refractivity contribution in [2.24, 2.45) is 5.73 Å². The fraction of sp³-hybridized carbons (Fsp3) is 0.600. The first-order valence-electron chi connectivity index (χ1n) is 7.10. The standard InChI is InChI=1S/C15H23N3/c1-17-10-11-18(13-7-3-2-6-12(13)16)15-9-5-4-8-14(15)17/h4-5,8-9,12-13H,2-3,6-7,10-11,16H2,1H3. The van der Waals surface area contributed by atoms with Crippen LogP contribution < -0.4 is 15.5 Å². The van der Waals surface area contributed by atoms with Crippen LogP contribution in [0, 0.1) is 0 Å². The highest BCUT2D eigenvalue weighted by Crippen LogP contribution is 2.36. The second-order valence-corrected chi connectivity index (χ2v) is 5.62. The summed E-state index contributed by atoms with van der Waals surface area (Å²) in [6, 6.07) is 9.60. The first kappa shape index (κ1) is 11.8. The molecule has 0 aromatic heterocycles. The van der Waals surface area contributed by atoms with Gasteiger partial charge in [0.25, 0.3) is 0 Å². The number of rotatable bonds is 1. The molecule has 3 heteroatoms. The van der Waals surface area contributed by atoms with Crippen molar-refractivity contribution in [3.8, 4) is 0 Å². The molecular weight excluding hydrogens is 222 g/mol. The van der Waals surface area contributed by atoms with E-state index < -0.39 is 0 Å². The normalized spacial score (nSPS) is 28.1. The molecule has 2 aliphatic rings. The lowest BCUT2D eigenvalue weighted by atomic mass is 9.89. The molecule has 0 saturated heterocycles. The SMILES string of the molecule is CN1CCN(C2CCCCC2N)c2ccccc21. The third-order valence-corrected chi connectivity index (χ3v) is 4.46. The van der Waals surface area contributed by atoms with Crippen LogP contribution in [0.4, 0.5) is 11.4 Å². The van der Waals surface area contributed by atoms with Crippen molar-refractivity contribution in [3.63, 3.8) is 0 Å². The van der Waals surface area contributed by atoms with Gasteiger partial charge in [-0.2, -0.15) is 0 Å². The van der Waals surface area contributed by atoms with E-state index in [1.54, 1.807) is 0 Å². The van der Waals surface area contributed by atoms with Gasteiger partial charge in [0, 0.05) is 32.2 Å². The third-order valence-electron chi connectivity index (χ3n) is 4.46. The van der Waals surface area contributed by atoms with E-state index in [0.29, 0.717) is 12.1 Å². The number of anilines is 2. The van der Waals surface area contributed by atoms with Crippen LogP contribution in [0.2, 0.25) is 0 Å². The summed E-state index contributed by atoms with van der Waals surface area (Å²) < 4.78 is 0. The highest BCUT2D eigenvalue weighted by molar-refractivity contribution is 5.73. The maximum absolute atomic E-state index is 6.35. The van der Waals surface area contributed by atoms with E-state index >= 15 is 0 Å². The molecule has 18 heavy (non-hydrogen) atoms. The first-order valence-corrected chi connectivity index (χ1v) is 7.10. The molecule has 1 aromatic carbocycles. The molecular formula is C15H23N3. The minimum atomic E-state index is 0.343. The van der Waals surface area contributed by atoms with E-state index in [9.17, 15) is 0 Å². The third kappa shape index (κ3) is 1.97. The number of para-hydroxylation sites is 2. The highest BCUT2D eigenvalue weighted by atomic mass is 15.3. The molecule has 1 fully saturated rings. The smallest absolute Gasteiger partial charge is 0.0607 e. The fourth-order valence-corrected chi connectivity index (χ4v) is 3.40. The van der Waals surface area contributed by atoms with E-state index in [2.05, 4.69) is 41.1 Å². The van der Waals surface area contributed by atoms with Crippen molar-refractivity contribution < 1.29 is 0 Å². The second-order valence-electron chi connectivity index (χ2n) is 5.62. The molecule has 98 valence electrons. The highest BCUT2D eigenvalue weighted by Gasteiger charge is 2.31. The molecule has 1 aromatic rings. The van der Waals surface area contributed by atoms with Gasteiger partial charge in [-0.3, -0.25) is 0 Å². The number of nitrogens with zero attached hydrogens (tertiary/aromatic N) is 2. The van der Waals surface area contributed by atoms with Gasteiger partial charge in [0.2, 0.25) is 0 Å². The molecule has 1 heterocycles. The molecule has 1 saturated carbocycles. The average molecular weight is 245 g/mol. The predicted molar refractivity (Wildman–Crippen MR) is 77.3 cm³/mol. The molecule has 3 rings (SSSR count). The summed E-state index contributed by atoms with van der Waals surface area (Å²) in [5, 5.41) is 0. The summed E-state index contributed by atoms with van der Waals surface area (Å²) in [6.07, 6.45) is 5.05. The van der Waals surface area contributed by atoms with Crippen LogP contribution in [-0.4, -0.2) is 32.2 Å². The van der Waals surface area contributed by atoms with Gasteiger partial charge in [0.05, 0.1) is 11.4 Å². The molecule has 3 nitrogen and oxygen atoms in total. The molecule has 0 radical (unpaired) electrons. The van der Waals surface area contributed by atoms with E-state index in [4.69, 9.17) is 5.73 Å². The molecule has 1 aliphatic heterocycles. The monoisotopic (exact) mass is 245 g/mol. The Morgan fingerprint density at radius 3 is 2.56 bits per heavy atom. The minimum Gasteiger partial charge on any atom is -0.371 e. The Balaban J connectivity index is 1.91. The summed E-state index contributed by atoms with van der Waals surface area (Å²) in [5.74, 6) is 0. The van der Waals surface area contributed by atoms with Crippen LogP contribution in [0.5, 0.6) is 0 Å². The summed E-state index contributed by atoms with van der Waals surface area (Å²) in [4.78, 5) is 4.90. The van der Waals surface area contributed by atoms with E-state index in [0.717, 1.165) is 13.1 Å². The summed E-state index contributed by atoms with van der Waals surface area (Å²) in [6.45, 7) is 2.20. The van der Waals surface area contributed by atoms with E-state index in [-0.39, 0.29) is 0 Å². The van der Waals surface area contributed by atoms with Gasteiger partial charge in [-0.15, -0.1) is 0 Å². The number of hydrogen-bond donors (Lipinski definition) is 1. The Kier molecular flexibility index (Phi) is 3.16. The Bertz CT molecular complexity index is 418. The Labute approximate surface area is 110 Å². The van der Waals surface area contributed by atoms with Crippen LogP contribution in [0.25, 0.3) is 0 Å². The molecule has 2 unspecified atom stereocenters. The number of fused-ring (bicyclic) bond motifs is 1. The zero-order valence-corrected chi connectivity index (χ0v) is 11.2. The maximum Gasteiger partial charge on any atom is 0.0607 e. The predicted octanol–water partition coefficient (Wildman–Crippen LogP) is 2.21. The van der Waals surface area contributed by atoms with Gasteiger partial charge in [-0.05, 0) is 25.0 Å². The second kappa shape index (κ2) is 4.81. The maximum atomic E-state index is 6.35. The quantitative estimate of drug-likeness (QED) is 0.823. The molecule has 0 amide bonds. The van der Waals surface area contributed by atoms with Crippen LogP contribution in [0.3, 0.4) is 0 Å². The lowest BCUT2D eigenvalue weighted by Crippen LogP contribution is -2.53. The van der Waals surface area contributed by atoms with Gasteiger partial charge < -0.3 is 15.5 Å². The summed E-state index contributed by atoms with van der Waals surface area (Å²) in [5.41, 5.74) is 9.06. The number of hydrogen-bond acceptors (Lipinski definition) is 3. The van der Waals surface area contributed by atoms with Crippen molar-refractivity contribution in [2.75, 3.05) is 29.9 Å². The Morgan fingerprint density at radius 1 is 1.06 bits per heavy atom. The largest absolute Gasteiger partial charge is 0.371 e. The van der Waals surface area contributed by atoms with E-state index in [1.165, 1.54) is 37.1 Å². The molecule has 0 spiro atoms. The van der Waals surface area contributed by atoms with Crippen molar-refractivity contribution in [3.05, 3.63) is 24.3 Å². The topological polar surface area (TPSA) is 32.5 Å². The fourth-order valence-electron chi connectivity index (χ4n) is 3.40. The van der Waals surface area contributed by atoms with Gasteiger partial charge in [-0.1, -0.05) is 25.0 Å².